The molecule has 10 nitrogen and oxygen atoms in total. The molecule has 0 spiro atoms. The summed E-state index contributed by atoms with van der Waals surface area (Å²) >= 11 is 0. The quantitative estimate of drug-likeness (QED) is 0.369. The fourth-order valence-electron chi connectivity index (χ4n) is 4.69. The zero-order valence-corrected chi connectivity index (χ0v) is 23.3. The van der Waals surface area contributed by atoms with Crippen molar-refractivity contribution in [2.75, 3.05) is 58.4 Å². The number of anilines is 4. The van der Waals surface area contributed by atoms with Gasteiger partial charge in [-0.3, -0.25) is 9.52 Å². The zero-order chi connectivity index (χ0) is 29.8. The normalized spacial score (nSPS) is 17.4. The van der Waals surface area contributed by atoms with Crippen molar-refractivity contribution in [3.05, 3.63) is 47.2 Å². The van der Waals surface area contributed by atoms with Gasteiger partial charge in [0.2, 0.25) is 16.0 Å². The highest BCUT2D eigenvalue weighted by Crippen LogP contribution is 2.32. The minimum absolute atomic E-state index is 0.0307. The van der Waals surface area contributed by atoms with Crippen molar-refractivity contribution in [1.29, 1.82) is 0 Å². The molecule has 2 saturated heterocycles. The number of benzene rings is 1. The van der Waals surface area contributed by atoms with Crippen molar-refractivity contribution in [2.45, 2.75) is 45.0 Å². The number of hydrogen-bond acceptors (Lipinski definition) is 8. The summed E-state index contributed by atoms with van der Waals surface area (Å²) in [4.78, 5) is 25.7. The van der Waals surface area contributed by atoms with Gasteiger partial charge in [-0.15, -0.1) is 0 Å². The summed E-state index contributed by atoms with van der Waals surface area (Å²) in [5.41, 5.74) is 1.25. The molecule has 15 heteroatoms. The van der Waals surface area contributed by atoms with Gasteiger partial charge in [0.1, 0.15) is 5.82 Å². The summed E-state index contributed by atoms with van der Waals surface area (Å²) < 4.78 is 80.4. The number of aromatic nitrogens is 2. The van der Waals surface area contributed by atoms with Crippen LogP contribution in [0.5, 0.6) is 0 Å². The number of halogens is 4. The van der Waals surface area contributed by atoms with Gasteiger partial charge in [0.05, 0.1) is 29.3 Å². The molecule has 41 heavy (non-hydrogen) atoms. The van der Waals surface area contributed by atoms with E-state index in [2.05, 4.69) is 20.0 Å². The van der Waals surface area contributed by atoms with E-state index in [9.17, 15) is 30.8 Å². The van der Waals surface area contributed by atoms with E-state index in [-0.39, 0.29) is 80.5 Å². The van der Waals surface area contributed by atoms with Crippen molar-refractivity contribution in [2.24, 2.45) is 0 Å². The fourth-order valence-corrected chi connectivity index (χ4v) is 5.52. The van der Waals surface area contributed by atoms with Crippen molar-refractivity contribution < 1.29 is 35.9 Å². The molecular weight excluding hydrogens is 568 g/mol. The van der Waals surface area contributed by atoms with Gasteiger partial charge >= 0.3 is 0 Å². The van der Waals surface area contributed by atoms with E-state index in [4.69, 9.17) is 5.11 Å². The third-order valence-electron chi connectivity index (χ3n) is 7.00. The third kappa shape index (κ3) is 7.85. The number of aliphatic hydroxyl groups is 1. The lowest BCUT2D eigenvalue weighted by Crippen LogP contribution is -2.40. The number of nitrogens with one attached hydrogen (secondary N) is 2. The summed E-state index contributed by atoms with van der Waals surface area (Å²) in [6.07, 6.45) is -1.72. The molecule has 1 aromatic carbocycles. The minimum atomic E-state index is -3.86. The lowest BCUT2D eigenvalue weighted by atomic mass is 10.0. The number of alkyl halides is 2. The highest BCUT2D eigenvalue weighted by atomic mass is 32.2. The minimum Gasteiger partial charge on any atom is -0.395 e. The van der Waals surface area contributed by atoms with Gasteiger partial charge in [-0.2, -0.15) is 13.8 Å². The molecule has 0 bridgehead atoms. The number of carbonyl (C=O) groups excluding carboxylic acids is 1. The van der Waals surface area contributed by atoms with Crippen molar-refractivity contribution >= 4 is 39.1 Å². The Balaban J connectivity index is 1.62. The first-order valence-electron chi connectivity index (χ1n) is 13.2. The summed E-state index contributed by atoms with van der Waals surface area (Å²) in [7, 11) is -3.86. The van der Waals surface area contributed by atoms with Crippen LogP contribution < -0.4 is 19.8 Å². The number of rotatable bonds is 9. The summed E-state index contributed by atoms with van der Waals surface area (Å²) in [5.74, 6) is -3.46. The van der Waals surface area contributed by atoms with E-state index in [0.29, 0.717) is 17.8 Å². The molecule has 0 saturated carbocycles. The molecule has 0 aliphatic carbocycles. The summed E-state index contributed by atoms with van der Waals surface area (Å²) in [5, 5.41) is 11.8. The van der Waals surface area contributed by atoms with Crippen LogP contribution in [0.15, 0.2) is 35.9 Å². The van der Waals surface area contributed by atoms with Crippen LogP contribution in [0.3, 0.4) is 0 Å². The molecule has 1 aromatic heterocycles. The highest BCUT2D eigenvalue weighted by molar-refractivity contribution is 7.92. The number of hydrogen-bond donors (Lipinski definition) is 3. The number of aryl methyl sites for hydroxylation is 1. The van der Waals surface area contributed by atoms with Gasteiger partial charge in [0.25, 0.3) is 17.9 Å². The number of amides is 1. The number of carbonyl (C=O) groups is 1. The van der Waals surface area contributed by atoms with Crippen LogP contribution in [0.4, 0.5) is 40.7 Å². The van der Waals surface area contributed by atoms with Crippen LogP contribution in [0, 0.1) is 0 Å². The number of piperidine rings is 2. The second-order valence-electron chi connectivity index (χ2n) is 9.92. The third-order valence-corrected chi connectivity index (χ3v) is 8.27. The molecule has 4 rings (SSSR count). The van der Waals surface area contributed by atoms with E-state index in [1.54, 1.807) is 15.9 Å². The predicted octanol–water partition coefficient (Wildman–Crippen LogP) is 4.01. The van der Waals surface area contributed by atoms with E-state index < -0.39 is 40.3 Å². The predicted molar refractivity (Wildman–Crippen MR) is 147 cm³/mol. The smallest absolute Gasteiger partial charge is 0.269 e. The van der Waals surface area contributed by atoms with Crippen LogP contribution in [0.25, 0.3) is 0 Å². The van der Waals surface area contributed by atoms with E-state index >= 15 is 0 Å². The van der Waals surface area contributed by atoms with Crippen LogP contribution in [0.2, 0.25) is 0 Å². The second-order valence-corrected chi connectivity index (χ2v) is 11.8. The maximum atomic E-state index is 13.7. The van der Waals surface area contributed by atoms with Gasteiger partial charge in [-0.1, -0.05) is 6.92 Å². The maximum Gasteiger partial charge on any atom is 0.269 e. The molecule has 1 amide bonds. The molecular formula is C26H32F4N6O4S. The fraction of sp³-hybridized carbons (Fsp3) is 0.500. The lowest BCUT2D eigenvalue weighted by molar-refractivity contribution is -0.0222. The SMILES string of the molecule is CCc1cc(NC(=O)c2ccc(NS(=O)(=O)CCO)cc2N2CCC(=C(F)F)CC2)nc(N2CCC(F)(F)CC2)n1. The number of nitrogens with zero attached hydrogens (tertiary/aromatic N) is 4. The Morgan fingerprint density at radius 1 is 1.05 bits per heavy atom. The molecule has 0 unspecified atom stereocenters. The van der Waals surface area contributed by atoms with Gasteiger partial charge in [-0.25, -0.2) is 22.2 Å². The average molecular weight is 601 g/mol. The molecule has 2 aliphatic rings. The van der Waals surface area contributed by atoms with Crippen LogP contribution in [-0.2, 0) is 16.4 Å². The number of sulfonamides is 1. The highest BCUT2D eigenvalue weighted by Gasteiger charge is 2.35. The van der Waals surface area contributed by atoms with Gasteiger partial charge in [0, 0.05) is 50.8 Å². The van der Waals surface area contributed by atoms with Crippen LogP contribution >= 0.6 is 0 Å². The monoisotopic (exact) mass is 600 g/mol. The Hall–Kier alpha value is -3.46. The molecule has 0 radical (unpaired) electrons. The van der Waals surface area contributed by atoms with Crippen molar-refractivity contribution in [3.8, 4) is 0 Å². The standard InChI is InChI=1S/C26H32F4N6O4S/c1-2-18-16-22(33-25(31-18)36-11-7-26(29,30)8-12-36)32-24(38)20-4-3-19(34-41(39,40)14-13-37)15-21(20)35-9-5-17(6-10-35)23(27)28/h3-4,15-16,34,37H,2,5-14H2,1H3,(H,31,32,33,38). The first-order chi connectivity index (χ1) is 19.4. The molecule has 224 valence electrons. The lowest BCUT2D eigenvalue weighted by Gasteiger charge is -2.32. The Labute approximate surface area is 235 Å². The summed E-state index contributed by atoms with van der Waals surface area (Å²) in [6, 6.07) is 5.83. The molecule has 2 aliphatic heterocycles. The summed E-state index contributed by atoms with van der Waals surface area (Å²) in [6.45, 7) is 1.76. The molecule has 2 aromatic rings. The van der Waals surface area contributed by atoms with Crippen LogP contribution in [-0.4, -0.2) is 73.9 Å². The molecule has 3 heterocycles. The molecule has 2 fully saturated rings. The first kappa shape index (κ1) is 30.5. The second kappa shape index (κ2) is 12.6. The molecule has 0 atom stereocenters. The van der Waals surface area contributed by atoms with Gasteiger partial charge in [0.15, 0.2) is 0 Å². The largest absolute Gasteiger partial charge is 0.395 e. The van der Waals surface area contributed by atoms with E-state index in [0.717, 1.165) is 0 Å². The van der Waals surface area contributed by atoms with Gasteiger partial charge in [-0.05, 0) is 43.0 Å². The number of aliphatic hydroxyl groups excluding tert-OH is 1. The molecule has 3 N–H and O–H groups in total. The maximum absolute atomic E-state index is 13.7. The van der Waals surface area contributed by atoms with Crippen molar-refractivity contribution in [3.63, 3.8) is 0 Å². The topological polar surface area (TPSA) is 128 Å². The Morgan fingerprint density at radius 2 is 1.73 bits per heavy atom. The Bertz CT molecular complexity index is 1400. The first-order valence-corrected chi connectivity index (χ1v) is 14.9. The Kier molecular flexibility index (Phi) is 9.37. The van der Waals surface area contributed by atoms with E-state index in [1.165, 1.54) is 18.2 Å². The van der Waals surface area contributed by atoms with E-state index in [1.807, 2.05) is 6.92 Å². The van der Waals surface area contributed by atoms with Crippen molar-refractivity contribution in [1.82, 2.24) is 9.97 Å². The Morgan fingerprint density at radius 3 is 2.34 bits per heavy atom. The van der Waals surface area contributed by atoms with Gasteiger partial charge < -0.3 is 20.2 Å². The zero-order valence-electron chi connectivity index (χ0n) is 22.5. The average Bonchev–Trinajstić information content (AvgIpc) is 2.92. The van der Waals surface area contributed by atoms with Crippen LogP contribution in [0.1, 0.15) is 48.7 Å².